The van der Waals surface area contributed by atoms with Crippen LogP contribution >= 0.6 is 11.6 Å². The van der Waals surface area contributed by atoms with Crippen molar-refractivity contribution in [2.24, 2.45) is 5.41 Å². The van der Waals surface area contributed by atoms with Crippen LogP contribution < -0.4 is 5.32 Å². The summed E-state index contributed by atoms with van der Waals surface area (Å²) >= 11 is 6.18. The van der Waals surface area contributed by atoms with Crippen molar-refractivity contribution in [3.63, 3.8) is 0 Å². The van der Waals surface area contributed by atoms with Crippen LogP contribution in [0.4, 0.5) is 4.39 Å². The summed E-state index contributed by atoms with van der Waals surface area (Å²) in [6.07, 6.45) is 3.02. The lowest BCUT2D eigenvalue weighted by molar-refractivity contribution is 0.220. The Hall–Kier alpha value is -0.600. The van der Waals surface area contributed by atoms with E-state index in [4.69, 9.17) is 11.6 Å². The highest BCUT2D eigenvalue weighted by Crippen LogP contribution is 2.33. The first-order chi connectivity index (χ1) is 9.21. The molecule has 0 fully saturated rings. The molecule has 0 heterocycles. The summed E-state index contributed by atoms with van der Waals surface area (Å²) in [5.41, 5.74) is 1.30. The average Bonchev–Trinajstić information content (AvgIpc) is 2.36. The Morgan fingerprint density at radius 1 is 1.15 bits per heavy atom. The van der Waals surface area contributed by atoms with Gasteiger partial charge in [-0.15, -0.1) is 0 Å². The number of hydrogen-bond donors (Lipinski definition) is 1. The van der Waals surface area contributed by atoms with Crippen LogP contribution in [0.15, 0.2) is 18.2 Å². The van der Waals surface area contributed by atoms with Crippen molar-refractivity contribution in [3.05, 3.63) is 34.6 Å². The van der Waals surface area contributed by atoms with Crippen LogP contribution in [0.2, 0.25) is 5.02 Å². The van der Waals surface area contributed by atoms with Crippen molar-refractivity contribution < 1.29 is 4.39 Å². The fourth-order valence-electron chi connectivity index (χ4n) is 2.33. The lowest BCUT2D eigenvalue weighted by Gasteiger charge is -2.36. The van der Waals surface area contributed by atoms with Crippen molar-refractivity contribution in [1.29, 1.82) is 0 Å². The average molecular weight is 300 g/mol. The second-order valence-electron chi connectivity index (χ2n) is 6.72. The first-order valence-corrected chi connectivity index (χ1v) is 7.78. The highest BCUT2D eigenvalue weighted by atomic mass is 35.5. The van der Waals surface area contributed by atoms with Gasteiger partial charge < -0.3 is 5.32 Å². The third-order valence-electron chi connectivity index (χ3n) is 4.07. The molecule has 0 aliphatic carbocycles. The molecule has 0 saturated carbocycles. The van der Waals surface area contributed by atoms with Gasteiger partial charge in [0.05, 0.1) is 0 Å². The van der Waals surface area contributed by atoms with Gasteiger partial charge in [-0.3, -0.25) is 0 Å². The van der Waals surface area contributed by atoms with E-state index < -0.39 is 0 Å². The Morgan fingerprint density at radius 3 is 2.20 bits per heavy atom. The molecule has 1 aromatic carbocycles. The molecule has 114 valence electrons. The maximum Gasteiger partial charge on any atom is 0.124 e. The molecule has 1 aromatic rings. The zero-order valence-electron chi connectivity index (χ0n) is 13.3. The van der Waals surface area contributed by atoms with E-state index >= 15 is 0 Å². The fraction of sp³-hybridized carbons (Fsp3) is 0.647. The molecule has 0 unspecified atom stereocenters. The lowest BCUT2D eigenvalue weighted by atomic mass is 9.76. The first kappa shape index (κ1) is 17.5. The summed E-state index contributed by atoms with van der Waals surface area (Å²) in [6.45, 7) is 11.9. The van der Waals surface area contributed by atoms with Gasteiger partial charge in [0, 0.05) is 17.1 Å². The number of benzene rings is 1. The molecule has 1 rings (SSSR count). The molecule has 0 bridgehead atoms. The maximum absolute atomic E-state index is 13.2. The quantitative estimate of drug-likeness (QED) is 0.759. The molecule has 0 aliphatic heterocycles. The maximum atomic E-state index is 13.2. The van der Waals surface area contributed by atoms with E-state index in [1.54, 1.807) is 0 Å². The highest BCUT2D eigenvalue weighted by molar-refractivity contribution is 6.31. The van der Waals surface area contributed by atoms with Gasteiger partial charge in [-0.1, -0.05) is 31.5 Å². The van der Waals surface area contributed by atoms with E-state index in [1.807, 2.05) is 6.07 Å². The van der Waals surface area contributed by atoms with Gasteiger partial charge >= 0.3 is 0 Å². The minimum atomic E-state index is -0.273. The molecule has 1 nitrogen and oxygen atoms in total. The van der Waals surface area contributed by atoms with E-state index in [-0.39, 0.29) is 16.8 Å². The van der Waals surface area contributed by atoms with Crippen LogP contribution in [0, 0.1) is 11.2 Å². The predicted octanol–water partition coefficient (Wildman–Crippen LogP) is 5.22. The van der Waals surface area contributed by atoms with Crippen molar-refractivity contribution in [3.8, 4) is 0 Å². The normalized spacial score (nSPS) is 12.8. The molecule has 20 heavy (non-hydrogen) atoms. The zero-order valence-corrected chi connectivity index (χ0v) is 14.1. The standard InChI is InChI=1S/C17H27ClFN/c1-6-17(7-2,12-20-16(3,4)5)11-13-8-9-14(19)10-15(13)18/h8-10,20H,6-7,11-12H2,1-5H3. The van der Waals surface area contributed by atoms with E-state index in [0.29, 0.717) is 5.02 Å². The molecule has 0 saturated heterocycles. The second kappa shape index (κ2) is 6.91. The Bertz CT molecular complexity index is 433. The number of halogens is 2. The molecular weight excluding hydrogens is 273 g/mol. The fourth-order valence-corrected chi connectivity index (χ4v) is 2.57. The van der Waals surface area contributed by atoms with Gasteiger partial charge in [0.1, 0.15) is 5.82 Å². The van der Waals surface area contributed by atoms with Gasteiger partial charge in [-0.25, -0.2) is 4.39 Å². The van der Waals surface area contributed by atoms with Gasteiger partial charge in [-0.05, 0) is 63.1 Å². The van der Waals surface area contributed by atoms with Crippen LogP contribution in [-0.2, 0) is 6.42 Å². The van der Waals surface area contributed by atoms with Gasteiger partial charge in [-0.2, -0.15) is 0 Å². The van der Waals surface area contributed by atoms with E-state index in [2.05, 4.69) is 39.9 Å². The third kappa shape index (κ3) is 5.06. The summed E-state index contributed by atoms with van der Waals surface area (Å²) in [5, 5.41) is 4.13. The molecule has 0 atom stereocenters. The summed E-state index contributed by atoms with van der Waals surface area (Å²) < 4.78 is 13.2. The highest BCUT2D eigenvalue weighted by Gasteiger charge is 2.28. The minimum absolute atomic E-state index is 0.0994. The summed E-state index contributed by atoms with van der Waals surface area (Å²) in [5.74, 6) is -0.273. The van der Waals surface area contributed by atoms with Gasteiger partial charge in [0.2, 0.25) is 0 Å². The zero-order chi connectivity index (χ0) is 15.4. The largest absolute Gasteiger partial charge is 0.312 e. The van der Waals surface area contributed by atoms with Crippen molar-refractivity contribution in [2.45, 2.75) is 59.4 Å². The van der Waals surface area contributed by atoms with Crippen molar-refractivity contribution in [2.75, 3.05) is 6.54 Å². The van der Waals surface area contributed by atoms with E-state index in [0.717, 1.165) is 31.4 Å². The Labute approximate surface area is 127 Å². The monoisotopic (exact) mass is 299 g/mol. The lowest BCUT2D eigenvalue weighted by Crippen LogP contribution is -2.44. The van der Waals surface area contributed by atoms with E-state index in [9.17, 15) is 4.39 Å². The molecule has 0 aliphatic rings. The van der Waals surface area contributed by atoms with Crippen molar-refractivity contribution in [1.82, 2.24) is 5.32 Å². The molecule has 1 N–H and O–H groups in total. The van der Waals surface area contributed by atoms with E-state index in [1.165, 1.54) is 12.1 Å². The molecule has 0 amide bonds. The second-order valence-corrected chi connectivity index (χ2v) is 7.13. The molecule has 0 spiro atoms. The molecule has 0 aromatic heterocycles. The smallest absolute Gasteiger partial charge is 0.124 e. The number of hydrogen-bond acceptors (Lipinski definition) is 1. The Balaban J connectivity index is 2.90. The molecule has 3 heteroatoms. The third-order valence-corrected chi connectivity index (χ3v) is 4.43. The van der Waals surface area contributed by atoms with Gasteiger partial charge in [0.15, 0.2) is 0 Å². The van der Waals surface area contributed by atoms with Crippen molar-refractivity contribution >= 4 is 11.6 Å². The van der Waals surface area contributed by atoms with Crippen LogP contribution in [0.3, 0.4) is 0 Å². The summed E-state index contributed by atoms with van der Waals surface area (Å²) in [6, 6.07) is 4.72. The number of rotatable bonds is 6. The Kier molecular flexibility index (Phi) is 6.03. The SMILES string of the molecule is CCC(CC)(CNC(C)(C)C)Cc1ccc(F)cc1Cl. The summed E-state index contributed by atoms with van der Waals surface area (Å²) in [4.78, 5) is 0. The molecule has 0 radical (unpaired) electrons. The predicted molar refractivity (Wildman–Crippen MR) is 85.9 cm³/mol. The topological polar surface area (TPSA) is 12.0 Å². The van der Waals surface area contributed by atoms with Crippen LogP contribution in [-0.4, -0.2) is 12.1 Å². The van der Waals surface area contributed by atoms with Crippen LogP contribution in [0.1, 0.15) is 53.0 Å². The van der Waals surface area contributed by atoms with Gasteiger partial charge in [0.25, 0.3) is 0 Å². The minimum Gasteiger partial charge on any atom is -0.312 e. The van der Waals surface area contributed by atoms with Crippen LogP contribution in [0.25, 0.3) is 0 Å². The first-order valence-electron chi connectivity index (χ1n) is 7.40. The Morgan fingerprint density at radius 2 is 1.75 bits per heavy atom. The van der Waals surface area contributed by atoms with Crippen LogP contribution in [0.5, 0.6) is 0 Å². The summed E-state index contributed by atoms with van der Waals surface area (Å²) in [7, 11) is 0. The number of nitrogens with one attached hydrogen (secondary N) is 1. The molecular formula is C17H27ClFN.